The third-order valence-electron chi connectivity index (χ3n) is 8.62. The number of rotatable bonds is 10. The van der Waals surface area contributed by atoms with E-state index >= 15 is 0 Å². The van der Waals surface area contributed by atoms with Crippen LogP contribution in [0.25, 0.3) is 23.2 Å². The maximum Gasteiger partial charge on any atom is 0.338 e. The van der Waals surface area contributed by atoms with E-state index in [-0.39, 0.29) is 33.5 Å². The van der Waals surface area contributed by atoms with Crippen LogP contribution < -0.4 is 14.9 Å². The summed E-state index contributed by atoms with van der Waals surface area (Å²) in [6.45, 7) is 6.04. The minimum Gasteiger partial charge on any atom is -0.463 e. The zero-order valence-electron chi connectivity index (χ0n) is 28.9. The van der Waals surface area contributed by atoms with Gasteiger partial charge >= 0.3 is 5.97 Å². The van der Waals surface area contributed by atoms with Crippen LogP contribution in [0.3, 0.4) is 0 Å². The van der Waals surface area contributed by atoms with Crippen molar-refractivity contribution in [2.45, 2.75) is 42.8 Å². The van der Waals surface area contributed by atoms with Crippen LogP contribution in [0, 0.1) is 10.1 Å². The van der Waals surface area contributed by atoms with Crippen molar-refractivity contribution in [3.63, 3.8) is 0 Å². The predicted molar refractivity (Wildman–Crippen MR) is 211 cm³/mol. The number of nitrogens with one attached hydrogen (secondary N) is 1. The molecule has 15 heteroatoms. The van der Waals surface area contributed by atoms with Crippen molar-refractivity contribution < 1.29 is 14.5 Å². The van der Waals surface area contributed by atoms with Gasteiger partial charge in [0.2, 0.25) is 5.16 Å². The Morgan fingerprint density at radius 1 is 1.07 bits per heavy atom. The molecule has 6 aromatic rings. The van der Waals surface area contributed by atoms with Crippen molar-refractivity contribution >= 4 is 69.7 Å². The van der Waals surface area contributed by atoms with Crippen molar-refractivity contribution in [3.05, 3.63) is 159 Å². The Kier molecular flexibility index (Phi) is 10.7. The first-order valence-electron chi connectivity index (χ1n) is 16.7. The number of halogens is 2. The Bertz CT molecular complexity index is 2640. The number of hydrogen-bond donors (Lipinski definition) is 1. The summed E-state index contributed by atoms with van der Waals surface area (Å²) < 4.78 is 7.35. The molecule has 2 aromatic heterocycles. The predicted octanol–water partition coefficient (Wildman–Crippen LogP) is 8.21. The van der Waals surface area contributed by atoms with Crippen LogP contribution >= 0.6 is 46.3 Å². The molecule has 1 aliphatic rings. The van der Waals surface area contributed by atoms with Gasteiger partial charge in [-0.1, -0.05) is 109 Å². The molecule has 0 bridgehead atoms. The highest BCUT2D eigenvalue weighted by atomic mass is 35.5. The van der Waals surface area contributed by atoms with Gasteiger partial charge in [-0.25, -0.2) is 14.8 Å². The molecule has 0 spiro atoms. The summed E-state index contributed by atoms with van der Waals surface area (Å²) in [5.41, 5.74) is 3.56. The summed E-state index contributed by atoms with van der Waals surface area (Å²) in [6.07, 6.45) is 1.59. The average Bonchev–Trinajstić information content (AvgIpc) is 3.75. The fourth-order valence-corrected chi connectivity index (χ4v) is 8.31. The molecule has 0 saturated carbocycles. The van der Waals surface area contributed by atoms with Crippen LogP contribution in [0.15, 0.2) is 116 Å². The Morgan fingerprint density at radius 2 is 1.83 bits per heavy atom. The second-order valence-corrected chi connectivity index (χ2v) is 15.3. The van der Waals surface area contributed by atoms with Gasteiger partial charge in [-0.15, -0.1) is 5.10 Å². The lowest BCUT2D eigenvalue weighted by atomic mass is 9.91. The second-order valence-electron chi connectivity index (χ2n) is 12.4. The lowest BCUT2D eigenvalue weighted by Gasteiger charge is -2.26. The van der Waals surface area contributed by atoms with Crippen molar-refractivity contribution in [2.24, 2.45) is 4.99 Å². The van der Waals surface area contributed by atoms with E-state index < -0.39 is 22.5 Å². The van der Waals surface area contributed by atoms with Crippen LogP contribution in [0.5, 0.6) is 0 Å². The molecule has 1 atom stereocenters. The van der Waals surface area contributed by atoms with E-state index in [1.54, 1.807) is 43.3 Å². The first-order valence-corrected chi connectivity index (χ1v) is 19.1. The van der Waals surface area contributed by atoms with Crippen molar-refractivity contribution in [2.75, 3.05) is 6.61 Å². The highest BCUT2D eigenvalue weighted by Crippen LogP contribution is 2.37. The summed E-state index contributed by atoms with van der Waals surface area (Å²) in [5.74, 6) is 0.0756. The molecule has 0 saturated heterocycles. The number of nitro benzene ring substituents is 1. The number of thiazole rings is 1. The number of aromatic amines is 1. The van der Waals surface area contributed by atoms with Gasteiger partial charge < -0.3 is 4.74 Å². The second kappa shape index (κ2) is 15.6. The molecule has 3 heterocycles. The molecule has 54 heavy (non-hydrogen) atoms. The van der Waals surface area contributed by atoms with E-state index in [0.29, 0.717) is 53.5 Å². The SMILES string of the molecule is CCOC(=O)C1=C(c2ccccc2)N=c2s/c(=C/c3ccc(Sc4n[nH]c(-c5ccc(Cl)cc5Cl)n4)c([N+](=O)[O-])c3)c(=O)n2[C@H]1c1ccc(C(C)C)cc1. The van der Waals surface area contributed by atoms with Crippen molar-refractivity contribution in [3.8, 4) is 11.4 Å². The maximum atomic E-state index is 14.4. The van der Waals surface area contributed by atoms with Gasteiger partial charge in [0.15, 0.2) is 10.6 Å². The normalized spacial score (nSPS) is 14.3. The van der Waals surface area contributed by atoms with Gasteiger partial charge in [0.05, 0.1) is 43.3 Å². The average molecular weight is 798 g/mol. The molecule has 11 nitrogen and oxygen atoms in total. The van der Waals surface area contributed by atoms with Crippen molar-refractivity contribution in [1.82, 2.24) is 19.7 Å². The van der Waals surface area contributed by atoms with Gasteiger partial charge in [-0.3, -0.25) is 24.6 Å². The minimum atomic E-state index is -0.846. The van der Waals surface area contributed by atoms with Crippen LogP contribution in [0.1, 0.15) is 55.0 Å². The minimum absolute atomic E-state index is 0.134. The van der Waals surface area contributed by atoms with Gasteiger partial charge in [0.25, 0.3) is 11.2 Å². The van der Waals surface area contributed by atoms with Gasteiger partial charge in [0, 0.05) is 22.2 Å². The maximum absolute atomic E-state index is 14.4. The molecule has 272 valence electrons. The van der Waals surface area contributed by atoms with E-state index in [0.717, 1.165) is 28.7 Å². The smallest absolute Gasteiger partial charge is 0.338 e. The lowest BCUT2D eigenvalue weighted by molar-refractivity contribution is -0.387. The summed E-state index contributed by atoms with van der Waals surface area (Å²) in [6, 6.07) is 25.9. The molecular formula is C39H30Cl2N6O5S2. The first kappa shape index (κ1) is 37.0. The Hall–Kier alpha value is -5.34. The van der Waals surface area contributed by atoms with E-state index in [2.05, 4.69) is 29.0 Å². The molecule has 0 amide bonds. The molecule has 4 aromatic carbocycles. The van der Waals surface area contributed by atoms with E-state index in [9.17, 15) is 19.7 Å². The van der Waals surface area contributed by atoms with Gasteiger partial charge in [-0.2, -0.15) is 0 Å². The van der Waals surface area contributed by atoms with Crippen LogP contribution in [0.4, 0.5) is 5.69 Å². The number of aromatic nitrogens is 4. The van der Waals surface area contributed by atoms with Crippen molar-refractivity contribution in [1.29, 1.82) is 0 Å². The van der Waals surface area contributed by atoms with Gasteiger partial charge in [0.1, 0.15) is 0 Å². The largest absolute Gasteiger partial charge is 0.463 e. The molecule has 1 N–H and O–H groups in total. The van der Waals surface area contributed by atoms with Crippen LogP contribution in [-0.4, -0.2) is 37.2 Å². The Labute approximate surface area is 326 Å². The molecular weight excluding hydrogens is 768 g/mol. The zero-order valence-corrected chi connectivity index (χ0v) is 32.1. The molecule has 1 aliphatic heterocycles. The molecule has 0 radical (unpaired) electrons. The first-order chi connectivity index (χ1) is 26.0. The van der Waals surface area contributed by atoms with Crippen LogP contribution in [-0.2, 0) is 9.53 Å². The number of esters is 1. The molecule has 0 fully saturated rings. The van der Waals surface area contributed by atoms with E-state index in [4.69, 9.17) is 32.9 Å². The van der Waals surface area contributed by atoms with Gasteiger partial charge in [-0.05, 0) is 71.6 Å². The number of ether oxygens (including phenoxy) is 1. The standard InChI is InChI=1S/C39H30Cl2N6O5S2/c1-4-52-37(49)32-33(24-8-6-5-7-9-24)42-39-46(34(32)25-13-11-23(12-14-25)21(2)3)36(48)31(54-39)19-22-10-17-30(29(18-22)47(50)51)53-38-43-35(44-45-38)27-16-15-26(40)20-28(27)41/h5-21,34H,4H2,1-3H3,(H,43,44,45)/b31-19+/t34-/m0/s1. The molecule has 7 rings (SSSR count). The number of nitrogens with zero attached hydrogens (tertiary/aromatic N) is 5. The summed E-state index contributed by atoms with van der Waals surface area (Å²) in [5, 5.41) is 20.4. The number of H-pyrrole nitrogens is 1. The number of nitro groups is 1. The number of carbonyl (C=O) groups is 1. The quantitative estimate of drug-likeness (QED) is 0.0830. The zero-order chi connectivity index (χ0) is 38.1. The number of hydrogen-bond acceptors (Lipinski definition) is 10. The fraction of sp³-hybridized carbons (Fsp3) is 0.154. The monoisotopic (exact) mass is 796 g/mol. The third kappa shape index (κ3) is 7.40. The lowest BCUT2D eigenvalue weighted by Crippen LogP contribution is -2.40. The third-order valence-corrected chi connectivity index (χ3v) is 11.1. The summed E-state index contributed by atoms with van der Waals surface area (Å²) in [7, 11) is 0. The molecule has 0 aliphatic carbocycles. The number of benzene rings is 4. The summed E-state index contributed by atoms with van der Waals surface area (Å²) in [4.78, 5) is 50.0. The topological polar surface area (TPSA) is 145 Å². The summed E-state index contributed by atoms with van der Waals surface area (Å²) >= 11 is 14.5. The molecule has 0 unspecified atom stereocenters. The van der Waals surface area contributed by atoms with Crippen LogP contribution in [0.2, 0.25) is 10.0 Å². The highest BCUT2D eigenvalue weighted by molar-refractivity contribution is 7.99. The van der Waals surface area contributed by atoms with E-state index in [1.807, 2.05) is 54.6 Å². The Morgan fingerprint density at radius 3 is 2.52 bits per heavy atom. The highest BCUT2D eigenvalue weighted by Gasteiger charge is 2.35. The number of fused-ring (bicyclic) bond motifs is 1. The van der Waals surface area contributed by atoms with E-state index in [1.165, 1.54) is 10.6 Å². The number of carbonyl (C=O) groups excluding carboxylic acids is 1. The Balaban J connectivity index is 1.32. The fourth-order valence-electron chi connectivity index (χ4n) is 6.02.